The minimum Gasteiger partial charge on any atom is -0.443 e. The molecular weight excluding hydrogens is 328 g/mol. The Morgan fingerprint density at radius 2 is 1.85 bits per heavy atom. The number of aromatic nitrogens is 1. The molecule has 0 bridgehead atoms. The summed E-state index contributed by atoms with van der Waals surface area (Å²) < 4.78 is 5.81. The van der Waals surface area contributed by atoms with Crippen LogP contribution in [0, 0.1) is 0 Å². The summed E-state index contributed by atoms with van der Waals surface area (Å²) in [6, 6.07) is 0. The summed E-state index contributed by atoms with van der Waals surface area (Å²) in [7, 11) is 0. The number of oxazole rings is 1. The molecule has 1 fully saturated rings. The molecule has 7 nitrogen and oxygen atoms in total. The van der Waals surface area contributed by atoms with E-state index in [9.17, 15) is 0 Å². The molecule has 148 valence electrons. The first-order valence-electron chi connectivity index (χ1n) is 9.84. The molecule has 0 spiro atoms. The standard InChI is InChI=1S/C19H36N6O/c1-6-20-18(21-8-9-25-12-10-24(7-2)11-13-25)23-15-17-22-14-16(26-17)19(3,4)5/h14H,6-13,15H2,1-5H3,(H2,20,21,23). The van der Waals surface area contributed by atoms with Crippen molar-refractivity contribution in [2.24, 2.45) is 4.99 Å². The SMILES string of the molecule is CCNC(=NCc1ncc(C(C)(C)C)o1)NCCN1CCN(CC)CC1. The van der Waals surface area contributed by atoms with Crippen LogP contribution in [0.25, 0.3) is 0 Å². The molecule has 0 unspecified atom stereocenters. The predicted molar refractivity (Wildman–Crippen MR) is 107 cm³/mol. The lowest BCUT2D eigenvalue weighted by atomic mass is 9.94. The molecule has 1 aromatic rings. The lowest BCUT2D eigenvalue weighted by molar-refractivity contribution is 0.139. The first-order valence-corrected chi connectivity index (χ1v) is 9.84. The van der Waals surface area contributed by atoms with Crippen molar-refractivity contribution < 1.29 is 4.42 Å². The average molecular weight is 365 g/mol. The zero-order valence-electron chi connectivity index (χ0n) is 17.1. The van der Waals surface area contributed by atoms with Crippen molar-refractivity contribution in [3.8, 4) is 0 Å². The van der Waals surface area contributed by atoms with E-state index in [1.54, 1.807) is 6.20 Å². The second kappa shape index (κ2) is 9.92. The largest absolute Gasteiger partial charge is 0.443 e. The summed E-state index contributed by atoms with van der Waals surface area (Å²) in [5.74, 6) is 2.37. The third kappa shape index (κ3) is 6.61. The summed E-state index contributed by atoms with van der Waals surface area (Å²) in [6.07, 6.45) is 1.81. The maximum Gasteiger partial charge on any atom is 0.216 e. The molecule has 7 heteroatoms. The van der Waals surface area contributed by atoms with Crippen LogP contribution in [0.5, 0.6) is 0 Å². The van der Waals surface area contributed by atoms with Crippen LogP contribution in [0.1, 0.15) is 46.3 Å². The summed E-state index contributed by atoms with van der Waals surface area (Å²) in [5.41, 5.74) is -0.0283. The Morgan fingerprint density at radius 3 is 2.42 bits per heavy atom. The van der Waals surface area contributed by atoms with E-state index in [1.165, 1.54) is 13.1 Å². The van der Waals surface area contributed by atoms with E-state index in [0.717, 1.165) is 51.0 Å². The van der Waals surface area contributed by atoms with Gasteiger partial charge in [0.1, 0.15) is 12.3 Å². The van der Waals surface area contributed by atoms with Crippen molar-refractivity contribution in [3.05, 3.63) is 17.8 Å². The highest BCUT2D eigenvalue weighted by Crippen LogP contribution is 2.22. The fourth-order valence-corrected chi connectivity index (χ4v) is 2.88. The van der Waals surface area contributed by atoms with Crippen LogP contribution < -0.4 is 10.6 Å². The van der Waals surface area contributed by atoms with Gasteiger partial charge in [0.05, 0.1) is 6.20 Å². The number of hydrogen-bond acceptors (Lipinski definition) is 5. The van der Waals surface area contributed by atoms with Crippen molar-refractivity contribution in [2.75, 3.05) is 52.4 Å². The maximum atomic E-state index is 5.81. The van der Waals surface area contributed by atoms with Crippen LogP contribution in [0.15, 0.2) is 15.6 Å². The molecule has 0 saturated carbocycles. The van der Waals surface area contributed by atoms with Gasteiger partial charge in [0.2, 0.25) is 5.89 Å². The van der Waals surface area contributed by atoms with E-state index in [0.29, 0.717) is 12.4 Å². The van der Waals surface area contributed by atoms with Gasteiger partial charge in [-0.2, -0.15) is 0 Å². The van der Waals surface area contributed by atoms with E-state index in [1.807, 2.05) is 0 Å². The number of hydrogen-bond donors (Lipinski definition) is 2. The van der Waals surface area contributed by atoms with Crippen LogP contribution in [0.4, 0.5) is 0 Å². The predicted octanol–water partition coefficient (Wildman–Crippen LogP) is 1.66. The number of nitrogens with zero attached hydrogens (tertiary/aromatic N) is 4. The lowest BCUT2D eigenvalue weighted by Gasteiger charge is -2.34. The van der Waals surface area contributed by atoms with Gasteiger partial charge < -0.3 is 20.0 Å². The second-order valence-corrected chi connectivity index (χ2v) is 7.77. The van der Waals surface area contributed by atoms with Gasteiger partial charge in [-0.3, -0.25) is 4.90 Å². The Bertz CT molecular complexity index is 555. The van der Waals surface area contributed by atoms with Gasteiger partial charge >= 0.3 is 0 Å². The molecule has 2 heterocycles. The maximum absolute atomic E-state index is 5.81. The quantitative estimate of drug-likeness (QED) is 0.567. The molecule has 1 aliphatic heterocycles. The number of nitrogens with one attached hydrogen (secondary N) is 2. The molecule has 1 saturated heterocycles. The van der Waals surface area contributed by atoms with E-state index in [4.69, 9.17) is 4.42 Å². The number of aliphatic imine (C=N–C) groups is 1. The Morgan fingerprint density at radius 1 is 1.15 bits per heavy atom. The zero-order valence-corrected chi connectivity index (χ0v) is 17.1. The van der Waals surface area contributed by atoms with E-state index in [2.05, 4.69) is 65.0 Å². The third-order valence-corrected chi connectivity index (χ3v) is 4.64. The van der Waals surface area contributed by atoms with Crippen molar-refractivity contribution in [1.29, 1.82) is 0 Å². The number of likely N-dealkylation sites (N-methyl/N-ethyl adjacent to an activating group) is 1. The number of rotatable bonds is 7. The first kappa shape index (κ1) is 20.7. The normalized spacial score (nSPS) is 17.5. The van der Waals surface area contributed by atoms with Gasteiger partial charge in [-0.1, -0.05) is 27.7 Å². The van der Waals surface area contributed by atoms with Gasteiger partial charge in [0, 0.05) is 51.2 Å². The smallest absolute Gasteiger partial charge is 0.216 e. The number of piperazine rings is 1. The molecule has 2 N–H and O–H groups in total. The highest BCUT2D eigenvalue weighted by atomic mass is 16.4. The molecular formula is C19H36N6O. The minimum absolute atomic E-state index is 0.0283. The summed E-state index contributed by atoms with van der Waals surface area (Å²) in [5, 5.41) is 6.70. The molecule has 0 atom stereocenters. The Hall–Kier alpha value is -1.60. The van der Waals surface area contributed by atoms with Crippen LogP contribution in [0.3, 0.4) is 0 Å². The first-order chi connectivity index (χ1) is 12.4. The van der Waals surface area contributed by atoms with Gasteiger partial charge in [0.15, 0.2) is 5.96 Å². The van der Waals surface area contributed by atoms with Crippen LogP contribution in [-0.4, -0.2) is 73.1 Å². The molecule has 0 aliphatic carbocycles. The molecule has 0 radical (unpaired) electrons. The van der Waals surface area contributed by atoms with Gasteiger partial charge in [-0.15, -0.1) is 0 Å². The van der Waals surface area contributed by atoms with Crippen molar-refractivity contribution in [2.45, 2.75) is 46.6 Å². The molecule has 0 aromatic carbocycles. The molecule has 0 amide bonds. The van der Waals surface area contributed by atoms with Gasteiger partial charge in [0.25, 0.3) is 0 Å². The fraction of sp³-hybridized carbons (Fsp3) is 0.789. The zero-order chi connectivity index (χ0) is 19.0. The summed E-state index contributed by atoms with van der Waals surface area (Å²) >= 11 is 0. The van der Waals surface area contributed by atoms with Crippen molar-refractivity contribution >= 4 is 5.96 Å². The van der Waals surface area contributed by atoms with E-state index >= 15 is 0 Å². The van der Waals surface area contributed by atoms with E-state index < -0.39 is 0 Å². The average Bonchev–Trinajstić information content (AvgIpc) is 3.10. The monoisotopic (exact) mass is 364 g/mol. The second-order valence-electron chi connectivity index (χ2n) is 7.77. The number of guanidine groups is 1. The minimum atomic E-state index is -0.0283. The summed E-state index contributed by atoms with van der Waals surface area (Å²) in [6.45, 7) is 19.7. The molecule has 1 aromatic heterocycles. The van der Waals surface area contributed by atoms with Crippen LogP contribution >= 0.6 is 0 Å². The van der Waals surface area contributed by atoms with Crippen molar-refractivity contribution in [3.63, 3.8) is 0 Å². The molecule has 2 rings (SSSR count). The third-order valence-electron chi connectivity index (χ3n) is 4.64. The Balaban J connectivity index is 1.78. The van der Waals surface area contributed by atoms with Crippen LogP contribution in [0.2, 0.25) is 0 Å². The van der Waals surface area contributed by atoms with Crippen molar-refractivity contribution in [1.82, 2.24) is 25.4 Å². The Labute approximate surface area is 158 Å². The molecule has 1 aliphatic rings. The lowest BCUT2D eigenvalue weighted by Crippen LogP contribution is -2.49. The fourth-order valence-electron chi connectivity index (χ4n) is 2.88. The Kier molecular flexibility index (Phi) is 7.90. The highest BCUT2D eigenvalue weighted by molar-refractivity contribution is 5.79. The van der Waals surface area contributed by atoms with Gasteiger partial charge in [-0.25, -0.2) is 9.98 Å². The summed E-state index contributed by atoms with van der Waals surface area (Å²) in [4.78, 5) is 13.9. The molecule has 26 heavy (non-hydrogen) atoms. The van der Waals surface area contributed by atoms with Crippen LogP contribution in [-0.2, 0) is 12.0 Å². The highest BCUT2D eigenvalue weighted by Gasteiger charge is 2.19. The van der Waals surface area contributed by atoms with Gasteiger partial charge in [-0.05, 0) is 13.5 Å². The topological polar surface area (TPSA) is 68.9 Å². The van der Waals surface area contributed by atoms with E-state index in [-0.39, 0.29) is 5.41 Å².